The third kappa shape index (κ3) is 11.9. The monoisotopic (exact) mass is 482 g/mol. The highest BCUT2D eigenvalue weighted by Gasteiger charge is 2.13. The molecule has 9 nitrogen and oxygen atoms in total. The fourth-order valence-electron chi connectivity index (χ4n) is 2.47. The van der Waals surface area contributed by atoms with Crippen LogP contribution < -0.4 is 0 Å². The first-order valence-electron chi connectivity index (χ1n) is 10.6. The van der Waals surface area contributed by atoms with E-state index >= 15 is 0 Å². The van der Waals surface area contributed by atoms with Crippen molar-refractivity contribution in [3.05, 3.63) is 66.2 Å². The number of hydrogen-bond donors (Lipinski definition) is 0. The predicted octanol–water partition coefficient (Wildman–Crippen LogP) is 2.32. The number of carbonyl (C=O) groups excluding carboxylic acids is 1. The molecule has 0 aliphatic rings. The largest absolute Gasteiger partial charge is 0.460 e. The smallest absolute Gasteiger partial charge is 0.338 e. The molecule has 0 spiro atoms. The van der Waals surface area contributed by atoms with Crippen molar-refractivity contribution in [1.82, 2.24) is 0 Å². The normalized spacial score (nSPS) is 11.4. The second kappa shape index (κ2) is 16.3. The molecule has 10 heteroatoms. The van der Waals surface area contributed by atoms with Gasteiger partial charge in [0.2, 0.25) is 0 Å². The highest BCUT2D eigenvalue weighted by molar-refractivity contribution is 7.86. The summed E-state index contributed by atoms with van der Waals surface area (Å²) in [5, 5.41) is 0. The van der Waals surface area contributed by atoms with E-state index in [9.17, 15) is 13.2 Å². The van der Waals surface area contributed by atoms with Crippen LogP contribution in [0.1, 0.15) is 10.4 Å². The molecule has 0 aliphatic carbocycles. The zero-order valence-corrected chi connectivity index (χ0v) is 19.2. The minimum Gasteiger partial charge on any atom is -0.460 e. The molecule has 0 amide bonds. The molecule has 182 valence electrons. The van der Waals surface area contributed by atoms with Crippen LogP contribution in [-0.4, -0.2) is 80.5 Å². The maximum absolute atomic E-state index is 11.9. The maximum Gasteiger partial charge on any atom is 0.338 e. The van der Waals surface area contributed by atoms with E-state index in [1.54, 1.807) is 42.5 Å². The van der Waals surface area contributed by atoms with Crippen molar-refractivity contribution >= 4 is 16.1 Å². The van der Waals surface area contributed by atoms with Gasteiger partial charge in [-0.3, -0.25) is 4.18 Å². The number of hydrogen-bond acceptors (Lipinski definition) is 9. The van der Waals surface area contributed by atoms with Gasteiger partial charge in [-0.15, -0.1) is 0 Å². The molecule has 0 aromatic heterocycles. The van der Waals surface area contributed by atoms with Gasteiger partial charge in [-0.25, -0.2) is 4.79 Å². The van der Waals surface area contributed by atoms with Crippen molar-refractivity contribution in [3.63, 3.8) is 0 Å². The first kappa shape index (κ1) is 26.9. The Kier molecular flexibility index (Phi) is 13.3. The SMILES string of the molecule is O=C(OCCOCCOCCOCCOCCOS(=O)(=O)c1ccccc1)c1ccccc1. The van der Waals surface area contributed by atoms with E-state index in [2.05, 4.69) is 0 Å². The van der Waals surface area contributed by atoms with Crippen LogP contribution in [0.25, 0.3) is 0 Å². The molecule has 0 bridgehead atoms. The summed E-state index contributed by atoms with van der Waals surface area (Å²) in [5.74, 6) is -0.374. The van der Waals surface area contributed by atoms with E-state index in [0.29, 0.717) is 51.8 Å². The van der Waals surface area contributed by atoms with Gasteiger partial charge in [-0.05, 0) is 24.3 Å². The number of rotatable bonds is 18. The Morgan fingerprint density at radius 1 is 0.576 bits per heavy atom. The number of benzene rings is 2. The molecular weight excluding hydrogens is 452 g/mol. The van der Waals surface area contributed by atoms with Gasteiger partial charge in [-0.1, -0.05) is 36.4 Å². The molecule has 0 atom stereocenters. The second-order valence-corrected chi connectivity index (χ2v) is 8.16. The molecule has 0 unspecified atom stereocenters. The predicted molar refractivity (Wildman–Crippen MR) is 120 cm³/mol. The molecule has 33 heavy (non-hydrogen) atoms. The Morgan fingerprint density at radius 3 is 1.52 bits per heavy atom. The Hall–Kier alpha value is -2.34. The van der Waals surface area contributed by atoms with Crippen molar-refractivity contribution in [3.8, 4) is 0 Å². The summed E-state index contributed by atoms with van der Waals surface area (Å²) in [6, 6.07) is 16.7. The molecule has 0 heterocycles. The average Bonchev–Trinajstić information content (AvgIpc) is 2.84. The lowest BCUT2D eigenvalue weighted by atomic mass is 10.2. The highest BCUT2D eigenvalue weighted by atomic mass is 32.2. The highest BCUT2D eigenvalue weighted by Crippen LogP contribution is 2.10. The minimum absolute atomic E-state index is 0.0637. The van der Waals surface area contributed by atoms with E-state index in [4.69, 9.17) is 27.9 Å². The number of esters is 1. The van der Waals surface area contributed by atoms with Crippen LogP contribution >= 0.6 is 0 Å². The standard InChI is InChI=1S/C23H30O9S/c24-23(21-7-3-1-4-8-21)31-19-17-29-15-13-27-11-12-28-14-16-30-18-20-32-33(25,26)22-9-5-2-6-10-22/h1-10H,11-20H2. The van der Waals surface area contributed by atoms with Crippen molar-refractivity contribution in [1.29, 1.82) is 0 Å². The fourth-order valence-corrected chi connectivity index (χ4v) is 3.38. The summed E-state index contributed by atoms with van der Waals surface area (Å²) in [7, 11) is -3.75. The maximum atomic E-state index is 11.9. The molecule has 0 saturated heterocycles. The first-order chi connectivity index (χ1) is 16.1. The van der Waals surface area contributed by atoms with E-state index in [0.717, 1.165) is 0 Å². The fraction of sp³-hybridized carbons (Fsp3) is 0.435. The number of carbonyl (C=O) groups is 1. The summed E-state index contributed by atoms with van der Waals surface area (Å²) in [4.78, 5) is 11.8. The van der Waals surface area contributed by atoms with Gasteiger partial charge in [0.05, 0.1) is 69.9 Å². The lowest BCUT2D eigenvalue weighted by molar-refractivity contribution is -0.0106. The Labute approximate surface area is 194 Å². The lowest BCUT2D eigenvalue weighted by Crippen LogP contribution is -2.15. The van der Waals surface area contributed by atoms with Crippen molar-refractivity contribution < 1.29 is 41.1 Å². The van der Waals surface area contributed by atoms with Gasteiger partial charge in [0.25, 0.3) is 10.1 Å². The molecular formula is C23H30O9S. The molecule has 0 aliphatic heterocycles. The van der Waals surface area contributed by atoms with Crippen molar-refractivity contribution in [2.45, 2.75) is 4.90 Å². The molecule has 2 rings (SSSR count). The van der Waals surface area contributed by atoms with E-state index < -0.39 is 10.1 Å². The van der Waals surface area contributed by atoms with Gasteiger partial charge >= 0.3 is 5.97 Å². The summed E-state index contributed by atoms with van der Waals surface area (Å²) in [5.41, 5.74) is 0.510. The third-order valence-electron chi connectivity index (χ3n) is 4.08. The summed E-state index contributed by atoms with van der Waals surface area (Å²) in [6.07, 6.45) is 0. The second-order valence-electron chi connectivity index (χ2n) is 6.54. The minimum atomic E-state index is -3.75. The van der Waals surface area contributed by atoms with Crippen LogP contribution in [0.3, 0.4) is 0 Å². The van der Waals surface area contributed by atoms with Crippen molar-refractivity contribution in [2.75, 3.05) is 66.1 Å². The van der Waals surface area contributed by atoms with Gasteiger partial charge in [0.15, 0.2) is 0 Å². The molecule has 0 N–H and O–H groups in total. The van der Waals surface area contributed by atoms with Gasteiger partial charge < -0.3 is 23.7 Å². The van der Waals surface area contributed by atoms with E-state index in [1.807, 2.05) is 6.07 Å². The first-order valence-corrected chi connectivity index (χ1v) is 12.0. The topological polar surface area (TPSA) is 107 Å². The van der Waals surface area contributed by atoms with E-state index in [-0.39, 0.29) is 30.7 Å². The Morgan fingerprint density at radius 2 is 1.00 bits per heavy atom. The summed E-state index contributed by atoms with van der Waals surface area (Å²) >= 11 is 0. The van der Waals surface area contributed by atoms with E-state index in [1.165, 1.54) is 12.1 Å². The van der Waals surface area contributed by atoms with Gasteiger partial charge in [-0.2, -0.15) is 8.42 Å². The van der Waals surface area contributed by atoms with Gasteiger partial charge in [0.1, 0.15) is 6.61 Å². The Bertz CT molecular complexity index is 873. The van der Waals surface area contributed by atoms with Crippen LogP contribution in [0.5, 0.6) is 0 Å². The summed E-state index contributed by atoms with van der Waals surface area (Å²) in [6.45, 7) is 2.83. The average molecular weight is 483 g/mol. The lowest BCUT2D eigenvalue weighted by Gasteiger charge is -2.08. The zero-order valence-electron chi connectivity index (χ0n) is 18.4. The summed E-state index contributed by atoms with van der Waals surface area (Å²) < 4.78 is 55.2. The molecule has 0 saturated carbocycles. The molecule has 2 aromatic rings. The molecule has 0 fully saturated rings. The van der Waals surface area contributed by atoms with Gasteiger partial charge in [0, 0.05) is 0 Å². The van der Waals surface area contributed by atoms with Crippen LogP contribution in [-0.2, 0) is 38.0 Å². The zero-order chi connectivity index (χ0) is 23.6. The third-order valence-corrected chi connectivity index (χ3v) is 5.41. The van der Waals surface area contributed by atoms with Crippen LogP contribution in [0.15, 0.2) is 65.6 Å². The van der Waals surface area contributed by atoms with Crippen LogP contribution in [0.4, 0.5) is 0 Å². The van der Waals surface area contributed by atoms with Crippen LogP contribution in [0, 0.1) is 0 Å². The van der Waals surface area contributed by atoms with Crippen molar-refractivity contribution in [2.24, 2.45) is 0 Å². The quantitative estimate of drug-likeness (QED) is 0.180. The molecule has 0 radical (unpaired) electrons. The number of ether oxygens (including phenoxy) is 5. The van der Waals surface area contributed by atoms with Crippen LogP contribution in [0.2, 0.25) is 0 Å². The Balaban J connectivity index is 1.32. The molecule has 2 aromatic carbocycles.